The Morgan fingerprint density at radius 1 is 1.22 bits per heavy atom. The fourth-order valence-electron chi connectivity index (χ4n) is 1.63. The van der Waals surface area contributed by atoms with Crippen LogP contribution in [0.3, 0.4) is 0 Å². The Hall–Kier alpha value is -2.49. The van der Waals surface area contributed by atoms with Gasteiger partial charge in [-0.15, -0.1) is 0 Å². The molecule has 0 fully saturated rings. The van der Waals surface area contributed by atoms with E-state index in [1.54, 1.807) is 30.6 Å². The highest BCUT2D eigenvalue weighted by molar-refractivity contribution is 5.50. The Morgan fingerprint density at radius 2 is 2.00 bits per heavy atom. The Morgan fingerprint density at radius 3 is 2.61 bits per heavy atom. The van der Waals surface area contributed by atoms with E-state index in [9.17, 15) is 10.1 Å². The van der Waals surface area contributed by atoms with E-state index in [-0.39, 0.29) is 10.6 Å². The summed E-state index contributed by atoms with van der Waals surface area (Å²) < 4.78 is 0. The molecule has 4 heteroatoms. The summed E-state index contributed by atoms with van der Waals surface area (Å²) in [5.74, 6) is 0. The molecular formula is C14H12N2O2. The summed E-state index contributed by atoms with van der Waals surface area (Å²) in [6.07, 6.45) is 5.11. The second kappa shape index (κ2) is 5.72. The van der Waals surface area contributed by atoms with Gasteiger partial charge in [-0.25, -0.2) is 0 Å². The summed E-state index contributed by atoms with van der Waals surface area (Å²) in [7, 11) is 0. The molecule has 0 bridgehead atoms. The van der Waals surface area contributed by atoms with Crippen LogP contribution in [0.15, 0.2) is 60.6 Å². The van der Waals surface area contributed by atoms with Crippen molar-refractivity contribution in [2.75, 3.05) is 0 Å². The first kappa shape index (κ1) is 12.0. The molecule has 90 valence electrons. The molecule has 0 amide bonds. The summed E-state index contributed by atoms with van der Waals surface area (Å²) in [6, 6.07) is 12.9. The lowest BCUT2D eigenvalue weighted by molar-refractivity contribution is -0.425. The van der Waals surface area contributed by atoms with Gasteiger partial charge in [0.25, 0.3) is 5.70 Å². The third-order valence-electron chi connectivity index (χ3n) is 2.48. The van der Waals surface area contributed by atoms with E-state index in [1.807, 2.05) is 30.3 Å². The molecule has 0 saturated heterocycles. The number of nitro groups is 1. The van der Waals surface area contributed by atoms with Crippen molar-refractivity contribution in [2.45, 2.75) is 6.42 Å². The van der Waals surface area contributed by atoms with Crippen molar-refractivity contribution in [3.63, 3.8) is 0 Å². The second-order valence-corrected chi connectivity index (χ2v) is 3.84. The van der Waals surface area contributed by atoms with Gasteiger partial charge in [0.2, 0.25) is 0 Å². The zero-order valence-electron chi connectivity index (χ0n) is 9.69. The summed E-state index contributed by atoms with van der Waals surface area (Å²) in [5, 5.41) is 11.0. The molecule has 0 unspecified atom stereocenters. The highest BCUT2D eigenvalue weighted by Gasteiger charge is 2.11. The van der Waals surface area contributed by atoms with E-state index in [0.717, 1.165) is 11.1 Å². The molecule has 1 aromatic heterocycles. The summed E-state index contributed by atoms with van der Waals surface area (Å²) in [6.45, 7) is 0. The lowest BCUT2D eigenvalue weighted by atomic mass is 10.1. The lowest BCUT2D eigenvalue weighted by Gasteiger charge is -1.99. The monoisotopic (exact) mass is 240 g/mol. The van der Waals surface area contributed by atoms with E-state index in [2.05, 4.69) is 4.98 Å². The van der Waals surface area contributed by atoms with Gasteiger partial charge in [-0.1, -0.05) is 36.4 Å². The molecule has 0 atom stereocenters. The molecule has 0 saturated carbocycles. The fourth-order valence-corrected chi connectivity index (χ4v) is 1.63. The van der Waals surface area contributed by atoms with Crippen molar-refractivity contribution >= 4 is 6.08 Å². The van der Waals surface area contributed by atoms with Crippen LogP contribution < -0.4 is 0 Å². The van der Waals surface area contributed by atoms with Crippen molar-refractivity contribution in [3.05, 3.63) is 81.8 Å². The topological polar surface area (TPSA) is 56.0 Å². The molecule has 0 aliphatic rings. The summed E-state index contributed by atoms with van der Waals surface area (Å²) >= 11 is 0. The van der Waals surface area contributed by atoms with Gasteiger partial charge in [0.05, 0.1) is 11.3 Å². The third kappa shape index (κ3) is 3.25. The van der Waals surface area contributed by atoms with Gasteiger partial charge in [0, 0.05) is 18.5 Å². The molecule has 0 N–H and O–H groups in total. The van der Waals surface area contributed by atoms with Crippen LogP contribution in [0.2, 0.25) is 0 Å². The number of benzene rings is 1. The first-order valence-electron chi connectivity index (χ1n) is 5.54. The number of rotatable bonds is 4. The minimum atomic E-state index is -0.347. The Labute approximate surface area is 105 Å². The summed E-state index contributed by atoms with van der Waals surface area (Å²) in [4.78, 5) is 14.6. The van der Waals surface area contributed by atoms with Crippen molar-refractivity contribution in [3.8, 4) is 0 Å². The second-order valence-electron chi connectivity index (χ2n) is 3.84. The van der Waals surface area contributed by atoms with Gasteiger partial charge >= 0.3 is 0 Å². The maximum Gasteiger partial charge on any atom is 0.251 e. The zero-order chi connectivity index (χ0) is 12.8. The van der Waals surface area contributed by atoms with Crippen molar-refractivity contribution in [1.82, 2.24) is 4.98 Å². The van der Waals surface area contributed by atoms with E-state index < -0.39 is 0 Å². The normalized spacial score (nSPS) is 11.2. The predicted molar refractivity (Wildman–Crippen MR) is 69.4 cm³/mol. The van der Waals surface area contributed by atoms with Gasteiger partial charge in [0.15, 0.2) is 0 Å². The largest absolute Gasteiger partial charge is 0.264 e. The Bertz CT molecular complexity index is 551. The number of nitrogens with zero attached hydrogens (tertiary/aromatic N) is 2. The highest BCUT2D eigenvalue weighted by Crippen LogP contribution is 2.12. The van der Waals surface area contributed by atoms with Gasteiger partial charge in [-0.05, 0) is 17.2 Å². The SMILES string of the molecule is O=[N+]([O-])C(=Cc1cccnc1)Cc1ccccc1. The quantitative estimate of drug-likeness (QED) is 0.609. The first-order valence-corrected chi connectivity index (χ1v) is 5.54. The van der Waals surface area contributed by atoms with Crippen LogP contribution >= 0.6 is 0 Å². The van der Waals surface area contributed by atoms with Gasteiger partial charge in [0.1, 0.15) is 0 Å². The van der Waals surface area contributed by atoms with Crippen LogP contribution in [0.5, 0.6) is 0 Å². The molecule has 0 radical (unpaired) electrons. The van der Waals surface area contributed by atoms with Crippen molar-refractivity contribution < 1.29 is 4.92 Å². The van der Waals surface area contributed by atoms with Crippen LogP contribution in [0.4, 0.5) is 0 Å². The van der Waals surface area contributed by atoms with Crippen molar-refractivity contribution in [1.29, 1.82) is 0 Å². The third-order valence-corrected chi connectivity index (χ3v) is 2.48. The van der Waals surface area contributed by atoms with Gasteiger partial charge < -0.3 is 0 Å². The molecule has 1 aromatic carbocycles. The van der Waals surface area contributed by atoms with E-state index in [0.29, 0.717) is 6.42 Å². The van der Waals surface area contributed by atoms with Crippen LogP contribution in [0, 0.1) is 10.1 Å². The van der Waals surface area contributed by atoms with Crippen molar-refractivity contribution in [2.24, 2.45) is 0 Å². The minimum Gasteiger partial charge on any atom is -0.264 e. The molecular weight excluding hydrogens is 228 g/mol. The minimum absolute atomic E-state index is 0.161. The number of allylic oxidation sites excluding steroid dienone is 1. The number of hydrogen-bond donors (Lipinski definition) is 0. The standard InChI is InChI=1S/C14H12N2O2/c17-16(18)14(9-12-5-2-1-3-6-12)10-13-7-4-8-15-11-13/h1-8,10-11H,9H2. The van der Waals surface area contributed by atoms with Crippen LogP contribution in [-0.4, -0.2) is 9.91 Å². The Balaban J connectivity index is 2.25. The van der Waals surface area contributed by atoms with E-state index in [4.69, 9.17) is 0 Å². The predicted octanol–water partition coefficient (Wildman–Crippen LogP) is 2.94. The molecule has 18 heavy (non-hydrogen) atoms. The smallest absolute Gasteiger partial charge is 0.251 e. The van der Waals surface area contributed by atoms with E-state index >= 15 is 0 Å². The number of hydrogen-bond acceptors (Lipinski definition) is 3. The lowest BCUT2D eigenvalue weighted by Crippen LogP contribution is -2.02. The maximum atomic E-state index is 11.0. The summed E-state index contributed by atoms with van der Waals surface area (Å²) in [5.41, 5.74) is 1.82. The maximum absolute atomic E-state index is 11.0. The molecule has 1 heterocycles. The highest BCUT2D eigenvalue weighted by atomic mass is 16.6. The molecule has 4 nitrogen and oxygen atoms in total. The van der Waals surface area contributed by atoms with E-state index in [1.165, 1.54) is 0 Å². The van der Waals surface area contributed by atoms with Gasteiger partial charge in [-0.2, -0.15) is 0 Å². The molecule has 0 aliphatic carbocycles. The number of aromatic nitrogens is 1. The van der Waals surface area contributed by atoms with Crippen LogP contribution in [0.1, 0.15) is 11.1 Å². The average molecular weight is 240 g/mol. The molecule has 2 aromatic rings. The molecule has 0 spiro atoms. The number of pyridine rings is 1. The molecule has 2 rings (SSSR count). The zero-order valence-corrected chi connectivity index (χ0v) is 9.69. The van der Waals surface area contributed by atoms with Crippen LogP contribution in [-0.2, 0) is 6.42 Å². The van der Waals surface area contributed by atoms with Crippen LogP contribution in [0.25, 0.3) is 6.08 Å². The fraction of sp³-hybridized carbons (Fsp3) is 0.0714. The average Bonchev–Trinajstić information content (AvgIpc) is 2.40. The Kier molecular flexibility index (Phi) is 3.81. The van der Waals surface area contributed by atoms with Gasteiger partial charge in [-0.3, -0.25) is 15.1 Å². The first-order chi connectivity index (χ1) is 8.75. The molecule has 0 aliphatic heterocycles.